The van der Waals surface area contributed by atoms with Gasteiger partial charge in [0.05, 0.1) is 6.61 Å². The molecule has 3 nitrogen and oxygen atoms in total. The topological polar surface area (TPSA) is 52.3 Å². The molecule has 0 saturated heterocycles. The lowest BCUT2D eigenvalue weighted by molar-refractivity contribution is -0.146. The monoisotopic (exact) mass is 187 g/mol. The molecule has 0 radical (unpaired) electrons. The minimum atomic E-state index is -0.450. The van der Waals surface area contributed by atoms with Gasteiger partial charge in [0.2, 0.25) is 0 Å². The van der Waals surface area contributed by atoms with Crippen LogP contribution in [0.1, 0.15) is 40.0 Å². The van der Waals surface area contributed by atoms with E-state index in [0.717, 1.165) is 12.8 Å². The van der Waals surface area contributed by atoms with E-state index in [0.29, 0.717) is 18.9 Å². The molecule has 0 spiro atoms. The molecule has 1 atom stereocenters. The maximum absolute atomic E-state index is 11.2. The van der Waals surface area contributed by atoms with E-state index in [4.69, 9.17) is 10.5 Å². The number of carbonyl (C=O) groups is 1. The second kappa shape index (κ2) is 6.89. The summed E-state index contributed by atoms with van der Waals surface area (Å²) < 4.78 is 5.07. The highest BCUT2D eigenvalue weighted by Crippen LogP contribution is 2.08. The van der Waals surface area contributed by atoms with E-state index in [2.05, 4.69) is 13.8 Å². The average molecular weight is 187 g/mol. The molecule has 0 aromatic carbocycles. The van der Waals surface area contributed by atoms with Crippen LogP contribution in [0, 0.1) is 5.92 Å². The van der Waals surface area contributed by atoms with Crippen LogP contribution in [0.4, 0.5) is 0 Å². The number of hydrogen-bond acceptors (Lipinski definition) is 3. The molecule has 13 heavy (non-hydrogen) atoms. The Kier molecular flexibility index (Phi) is 6.59. The third kappa shape index (κ3) is 4.88. The summed E-state index contributed by atoms with van der Waals surface area (Å²) in [5.74, 6) is 0.211. The van der Waals surface area contributed by atoms with Gasteiger partial charge in [-0.05, 0) is 12.3 Å². The van der Waals surface area contributed by atoms with E-state index in [1.165, 1.54) is 0 Å². The molecule has 0 amide bonds. The molecule has 78 valence electrons. The number of esters is 1. The largest absolute Gasteiger partial charge is 0.464 e. The van der Waals surface area contributed by atoms with E-state index in [-0.39, 0.29) is 5.97 Å². The van der Waals surface area contributed by atoms with Crippen LogP contribution in [0.2, 0.25) is 0 Å². The van der Waals surface area contributed by atoms with Gasteiger partial charge in [-0.2, -0.15) is 0 Å². The van der Waals surface area contributed by atoms with E-state index in [1.807, 2.05) is 6.92 Å². The third-order valence-electron chi connectivity index (χ3n) is 2.36. The van der Waals surface area contributed by atoms with Crippen LogP contribution < -0.4 is 5.73 Å². The fourth-order valence-corrected chi connectivity index (χ4v) is 0.998. The zero-order valence-electron chi connectivity index (χ0n) is 8.88. The summed E-state index contributed by atoms with van der Waals surface area (Å²) >= 11 is 0. The number of rotatable bonds is 6. The Morgan fingerprint density at radius 1 is 1.23 bits per heavy atom. The SMILES string of the molecule is CCC(CC)COC(=O)[C@@H](N)CC. The van der Waals surface area contributed by atoms with E-state index in [9.17, 15) is 4.79 Å². The second-order valence-corrected chi connectivity index (χ2v) is 3.33. The van der Waals surface area contributed by atoms with Gasteiger partial charge in [0.1, 0.15) is 6.04 Å². The standard InChI is InChI=1S/C10H21NO2/c1-4-8(5-2)7-13-10(12)9(11)6-3/h8-9H,4-7,11H2,1-3H3/t9-/m0/s1. The van der Waals surface area contributed by atoms with Crippen molar-refractivity contribution in [2.75, 3.05) is 6.61 Å². The maximum Gasteiger partial charge on any atom is 0.322 e. The second-order valence-electron chi connectivity index (χ2n) is 3.33. The van der Waals surface area contributed by atoms with Gasteiger partial charge in [0.25, 0.3) is 0 Å². The van der Waals surface area contributed by atoms with Crippen molar-refractivity contribution in [1.82, 2.24) is 0 Å². The average Bonchev–Trinajstić information content (AvgIpc) is 2.17. The van der Waals surface area contributed by atoms with Gasteiger partial charge >= 0.3 is 5.97 Å². The van der Waals surface area contributed by atoms with Gasteiger partial charge in [-0.3, -0.25) is 4.79 Å². The molecule has 0 bridgehead atoms. The predicted octanol–water partition coefficient (Wildman–Crippen LogP) is 1.70. The molecule has 0 aliphatic rings. The minimum Gasteiger partial charge on any atom is -0.464 e. The first kappa shape index (κ1) is 12.4. The van der Waals surface area contributed by atoms with Crippen molar-refractivity contribution in [3.05, 3.63) is 0 Å². The van der Waals surface area contributed by atoms with Crippen LogP contribution in [-0.2, 0) is 9.53 Å². The Morgan fingerprint density at radius 3 is 2.15 bits per heavy atom. The summed E-state index contributed by atoms with van der Waals surface area (Å²) in [5, 5.41) is 0. The van der Waals surface area contributed by atoms with Crippen molar-refractivity contribution in [1.29, 1.82) is 0 Å². The lowest BCUT2D eigenvalue weighted by Gasteiger charge is -2.14. The first-order valence-corrected chi connectivity index (χ1v) is 5.07. The van der Waals surface area contributed by atoms with Crippen molar-refractivity contribution in [2.45, 2.75) is 46.1 Å². The fraction of sp³-hybridized carbons (Fsp3) is 0.900. The molecule has 0 saturated carbocycles. The van der Waals surface area contributed by atoms with Gasteiger partial charge in [0, 0.05) is 0 Å². The van der Waals surface area contributed by atoms with E-state index < -0.39 is 6.04 Å². The molecule has 0 fully saturated rings. The fourth-order valence-electron chi connectivity index (χ4n) is 0.998. The number of nitrogens with two attached hydrogens (primary N) is 1. The normalized spacial score (nSPS) is 13.0. The Morgan fingerprint density at radius 2 is 1.77 bits per heavy atom. The van der Waals surface area contributed by atoms with Gasteiger partial charge in [-0.15, -0.1) is 0 Å². The zero-order valence-corrected chi connectivity index (χ0v) is 8.88. The highest BCUT2D eigenvalue weighted by molar-refractivity contribution is 5.75. The molecule has 0 aliphatic heterocycles. The van der Waals surface area contributed by atoms with Crippen LogP contribution in [-0.4, -0.2) is 18.6 Å². The Labute approximate surface area is 80.6 Å². The first-order valence-electron chi connectivity index (χ1n) is 5.07. The van der Waals surface area contributed by atoms with Crippen LogP contribution in [0.25, 0.3) is 0 Å². The first-order chi connectivity index (χ1) is 6.15. The van der Waals surface area contributed by atoms with Crippen molar-refractivity contribution in [3.63, 3.8) is 0 Å². The number of ether oxygens (including phenoxy) is 1. The third-order valence-corrected chi connectivity index (χ3v) is 2.36. The summed E-state index contributed by atoms with van der Waals surface area (Å²) in [7, 11) is 0. The quantitative estimate of drug-likeness (QED) is 0.644. The molecule has 0 heterocycles. The molecule has 0 aliphatic carbocycles. The summed E-state index contributed by atoms with van der Waals surface area (Å²) in [6, 6.07) is -0.450. The number of hydrogen-bond donors (Lipinski definition) is 1. The van der Waals surface area contributed by atoms with Crippen molar-refractivity contribution in [3.8, 4) is 0 Å². The number of carbonyl (C=O) groups excluding carboxylic acids is 1. The molecular weight excluding hydrogens is 166 g/mol. The zero-order chi connectivity index (χ0) is 10.3. The summed E-state index contributed by atoms with van der Waals surface area (Å²) in [5.41, 5.74) is 5.51. The minimum absolute atomic E-state index is 0.269. The predicted molar refractivity (Wildman–Crippen MR) is 53.3 cm³/mol. The van der Waals surface area contributed by atoms with Crippen molar-refractivity contribution >= 4 is 5.97 Å². The molecule has 0 aromatic heterocycles. The van der Waals surface area contributed by atoms with Gasteiger partial charge in [-0.25, -0.2) is 0 Å². The Bertz CT molecular complexity index is 144. The molecule has 0 rings (SSSR count). The van der Waals surface area contributed by atoms with Crippen LogP contribution >= 0.6 is 0 Å². The van der Waals surface area contributed by atoms with Gasteiger partial charge in [-0.1, -0.05) is 33.6 Å². The highest BCUT2D eigenvalue weighted by atomic mass is 16.5. The highest BCUT2D eigenvalue weighted by Gasteiger charge is 2.14. The summed E-state index contributed by atoms with van der Waals surface area (Å²) in [4.78, 5) is 11.2. The van der Waals surface area contributed by atoms with E-state index in [1.54, 1.807) is 0 Å². The summed E-state index contributed by atoms with van der Waals surface area (Å²) in [6.07, 6.45) is 2.73. The lowest BCUT2D eigenvalue weighted by atomic mass is 10.1. The Balaban J connectivity index is 3.68. The molecular formula is C10H21NO2. The molecule has 3 heteroatoms. The van der Waals surface area contributed by atoms with Crippen molar-refractivity contribution < 1.29 is 9.53 Å². The van der Waals surface area contributed by atoms with Crippen LogP contribution in [0.3, 0.4) is 0 Å². The van der Waals surface area contributed by atoms with Crippen molar-refractivity contribution in [2.24, 2.45) is 11.7 Å². The summed E-state index contributed by atoms with van der Waals surface area (Å²) in [6.45, 7) is 6.59. The molecule has 0 unspecified atom stereocenters. The Hall–Kier alpha value is -0.570. The van der Waals surface area contributed by atoms with Crippen LogP contribution in [0.15, 0.2) is 0 Å². The molecule has 0 aromatic rings. The maximum atomic E-state index is 11.2. The smallest absolute Gasteiger partial charge is 0.322 e. The van der Waals surface area contributed by atoms with Gasteiger partial charge in [0.15, 0.2) is 0 Å². The lowest BCUT2D eigenvalue weighted by Crippen LogP contribution is -2.32. The molecule has 2 N–H and O–H groups in total. The van der Waals surface area contributed by atoms with Gasteiger partial charge < -0.3 is 10.5 Å². The van der Waals surface area contributed by atoms with E-state index >= 15 is 0 Å². The van der Waals surface area contributed by atoms with Crippen LogP contribution in [0.5, 0.6) is 0 Å².